The summed E-state index contributed by atoms with van der Waals surface area (Å²) < 4.78 is 4.75. The van der Waals surface area contributed by atoms with Crippen molar-refractivity contribution >= 4 is 11.8 Å². The predicted octanol–water partition coefficient (Wildman–Crippen LogP) is 1.16. The molecule has 0 fully saturated rings. The van der Waals surface area contributed by atoms with Crippen LogP contribution in [0, 0.1) is 5.92 Å². The first-order chi connectivity index (χ1) is 5.04. The highest BCUT2D eigenvalue weighted by molar-refractivity contribution is 5.76. The molecule has 0 aliphatic rings. The number of ketones is 1. The maximum absolute atomic E-state index is 10.8. The quantitative estimate of drug-likeness (QED) is 0.577. The topological polar surface area (TPSA) is 43.4 Å². The summed E-state index contributed by atoms with van der Waals surface area (Å²) in [7, 11) is 0. The Morgan fingerprint density at radius 2 is 1.91 bits per heavy atom. The lowest BCUT2D eigenvalue weighted by molar-refractivity contribution is -0.147. The Balaban J connectivity index is 3.39. The number of esters is 1. The van der Waals surface area contributed by atoms with Crippen molar-refractivity contribution in [2.45, 2.75) is 27.2 Å². The molecule has 0 unspecified atom stereocenters. The van der Waals surface area contributed by atoms with Gasteiger partial charge in [-0.05, 0) is 6.92 Å². The Hall–Kier alpha value is -0.860. The van der Waals surface area contributed by atoms with E-state index in [1.54, 1.807) is 13.8 Å². The molecule has 11 heavy (non-hydrogen) atoms. The molecule has 0 aliphatic heterocycles. The summed E-state index contributed by atoms with van der Waals surface area (Å²) in [6.07, 6.45) is 0.318. The molecule has 3 heteroatoms. The molecule has 0 rings (SSSR count). The fourth-order valence-electron chi connectivity index (χ4n) is 0.462. The van der Waals surface area contributed by atoms with Gasteiger partial charge in [-0.3, -0.25) is 9.59 Å². The first-order valence-electron chi connectivity index (χ1n) is 3.70. The highest BCUT2D eigenvalue weighted by Gasteiger charge is 2.07. The van der Waals surface area contributed by atoms with Crippen LogP contribution in [0.25, 0.3) is 0 Å². The van der Waals surface area contributed by atoms with E-state index in [2.05, 4.69) is 0 Å². The first kappa shape index (κ1) is 10.1. The predicted molar refractivity (Wildman–Crippen MR) is 41.1 cm³/mol. The fraction of sp³-hybridized carbons (Fsp3) is 0.750. The number of Topliss-reactive ketones (excluding diaryl/α,β-unsaturated/α-hetero) is 1. The largest absolute Gasteiger partial charge is 0.465 e. The van der Waals surface area contributed by atoms with E-state index in [1.807, 2.05) is 0 Å². The number of rotatable bonds is 4. The van der Waals surface area contributed by atoms with Crippen molar-refractivity contribution < 1.29 is 14.3 Å². The molecule has 3 nitrogen and oxygen atoms in total. The number of hydrogen-bond acceptors (Lipinski definition) is 3. The van der Waals surface area contributed by atoms with Crippen molar-refractivity contribution in [3.63, 3.8) is 0 Å². The van der Waals surface area contributed by atoms with Gasteiger partial charge in [-0.2, -0.15) is 0 Å². The fourth-order valence-corrected chi connectivity index (χ4v) is 0.462. The molecule has 0 radical (unpaired) electrons. The van der Waals surface area contributed by atoms with Crippen LogP contribution in [0.1, 0.15) is 27.2 Å². The van der Waals surface area contributed by atoms with Crippen LogP contribution in [-0.4, -0.2) is 18.4 Å². The van der Waals surface area contributed by atoms with Gasteiger partial charge < -0.3 is 4.74 Å². The smallest absolute Gasteiger partial charge is 0.308 e. The van der Waals surface area contributed by atoms with Crippen LogP contribution in [0.2, 0.25) is 0 Å². The minimum atomic E-state index is -0.244. The highest BCUT2D eigenvalue weighted by atomic mass is 16.5. The molecule has 64 valence electrons. The summed E-state index contributed by atoms with van der Waals surface area (Å²) in [5.74, 6) is -0.310. The van der Waals surface area contributed by atoms with E-state index in [0.717, 1.165) is 0 Å². The van der Waals surface area contributed by atoms with E-state index in [9.17, 15) is 9.59 Å². The zero-order valence-electron chi connectivity index (χ0n) is 7.22. The molecule has 0 atom stereocenters. The van der Waals surface area contributed by atoms with Crippen LogP contribution >= 0.6 is 0 Å². The summed E-state index contributed by atoms with van der Waals surface area (Å²) in [6, 6.07) is 0. The molecule has 0 heterocycles. The Bertz CT molecular complexity index is 149. The average Bonchev–Trinajstić information content (AvgIpc) is 1.86. The third-order valence-corrected chi connectivity index (χ3v) is 1.17. The third kappa shape index (κ3) is 5.58. The SMILES string of the molecule is CC(=O)CCOC(=O)C(C)C. The number of carbonyl (C=O) groups is 2. The maximum Gasteiger partial charge on any atom is 0.308 e. The van der Waals surface area contributed by atoms with E-state index in [4.69, 9.17) is 4.74 Å². The lowest BCUT2D eigenvalue weighted by Crippen LogP contribution is -2.13. The van der Waals surface area contributed by atoms with Gasteiger partial charge in [0.25, 0.3) is 0 Å². The van der Waals surface area contributed by atoms with Gasteiger partial charge in [0, 0.05) is 6.42 Å². The zero-order valence-corrected chi connectivity index (χ0v) is 7.22. The normalized spacial score (nSPS) is 9.82. The van der Waals surface area contributed by atoms with E-state index < -0.39 is 0 Å². The standard InChI is InChI=1S/C8H14O3/c1-6(2)8(10)11-5-4-7(3)9/h6H,4-5H2,1-3H3. The molecule has 0 aromatic heterocycles. The van der Waals surface area contributed by atoms with Gasteiger partial charge >= 0.3 is 5.97 Å². The molecule has 0 bridgehead atoms. The van der Waals surface area contributed by atoms with Crippen molar-refractivity contribution in [3.8, 4) is 0 Å². The molecule has 0 saturated carbocycles. The van der Waals surface area contributed by atoms with Crippen molar-refractivity contribution in [1.29, 1.82) is 0 Å². The van der Waals surface area contributed by atoms with Gasteiger partial charge in [0.05, 0.1) is 12.5 Å². The summed E-state index contributed by atoms with van der Waals surface area (Å²) in [6.45, 7) is 5.21. The monoisotopic (exact) mass is 158 g/mol. The lowest BCUT2D eigenvalue weighted by atomic mass is 10.2. The maximum atomic E-state index is 10.8. The molecule has 0 N–H and O–H groups in total. The minimum Gasteiger partial charge on any atom is -0.465 e. The summed E-state index contributed by atoms with van der Waals surface area (Å²) in [5, 5.41) is 0. The average molecular weight is 158 g/mol. The van der Waals surface area contributed by atoms with Crippen LogP contribution in [-0.2, 0) is 14.3 Å². The van der Waals surface area contributed by atoms with Crippen LogP contribution in [0.4, 0.5) is 0 Å². The van der Waals surface area contributed by atoms with Crippen molar-refractivity contribution in [2.75, 3.05) is 6.61 Å². The first-order valence-corrected chi connectivity index (χ1v) is 3.70. The molecule has 0 aromatic rings. The Labute approximate surface area is 66.7 Å². The number of carbonyl (C=O) groups excluding carboxylic acids is 2. The van der Waals surface area contributed by atoms with Gasteiger partial charge in [-0.15, -0.1) is 0 Å². The Morgan fingerprint density at radius 1 is 1.36 bits per heavy atom. The molecule has 0 saturated heterocycles. The van der Waals surface area contributed by atoms with E-state index >= 15 is 0 Å². The van der Waals surface area contributed by atoms with E-state index in [-0.39, 0.29) is 24.3 Å². The van der Waals surface area contributed by atoms with Gasteiger partial charge in [-0.1, -0.05) is 13.8 Å². The Kier molecular flexibility index (Phi) is 4.50. The second kappa shape index (κ2) is 4.88. The summed E-state index contributed by atoms with van der Waals surface area (Å²) >= 11 is 0. The molecule has 0 spiro atoms. The van der Waals surface area contributed by atoms with Crippen molar-refractivity contribution in [3.05, 3.63) is 0 Å². The minimum absolute atomic E-state index is 0.0431. The number of hydrogen-bond donors (Lipinski definition) is 0. The molecule has 0 aromatic carbocycles. The second-order valence-corrected chi connectivity index (χ2v) is 2.77. The van der Waals surface area contributed by atoms with E-state index in [0.29, 0.717) is 6.42 Å². The van der Waals surface area contributed by atoms with E-state index in [1.165, 1.54) is 6.92 Å². The summed E-state index contributed by atoms with van der Waals surface area (Å²) in [4.78, 5) is 21.2. The highest BCUT2D eigenvalue weighted by Crippen LogP contribution is 1.96. The molecule has 0 amide bonds. The van der Waals surface area contributed by atoms with Crippen LogP contribution in [0.5, 0.6) is 0 Å². The third-order valence-electron chi connectivity index (χ3n) is 1.17. The summed E-state index contributed by atoms with van der Waals surface area (Å²) in [5.41, 5.74) is 0. The van der Waals surface area contributed by atoms with Crippen molar-refractivity contribution in [2.24, 2.45) is 5.92 Å². The van der Waals surface area contributed by atoms with Crippen LogP contribution in [0.15, 0.2) is 0 Å². The van der Waals surface area contributed by atoms with Gasteiger partial charge in [0.15, 0.2) is 0 Å². The molecular formula is C8H14O3. The molecular weight excluding hydrogens is 144 g/mol. The van der Waals surface area contributed by atoms with Gasteiger partial charge in [0.2, 0.25) is 0 Å². The molecule has 0 aliphatic carbocycles. The second-order valence-electron chi connectivity index (χ2n) is 2.77. The van der Waals surface area contributed by atoms with Crippen LogP contribution in [0.3, 0.4) is 0 Å². The van der Waals surface area contributed by atoms with Gasteiger partial charge in [-0.25, -0.2) is 0 Å². The van der Waals surface area contributed by atoms with Crippen molar-refractivity contribution in [1.82, 2.24) is 0 Å². The van der Waals surface area contributed by atoms with Gasteiger partial charge in [0.1, 0.15) is 5.78 Å². The Morgan fingerprint density at radius 3 is 2.27 bits per heavy atom. The zero-order chi connectivity index (χ0) is 8.85. The lowest BCUT2D eigenvalue weighted by Gasteiger charge is -2.04. The number of ether oxygens (including phenoxy) is 1. The van der Waals surface area contributed by atoms with Crippen LogP contribution < -0.4 is 0 Å².